The molecule has 6 nitrogen and oxygen atoms in total. The lowest BCUT2D eigenvalue weighted by molar-refractivity contribution is 0.101. The van der Waals surface area contributed by atoms with Crippen LogP contribution >= 0.6 is 0 Å². The van der Waals surface area contributed by atoms with E-state index in [1.807, 2.05) is 12.1 Å². The second-order valence-corrected chi connectivity index (χ2v) is 5.73. The van der Waals surface area contributed by atoms with E-state index in [-0.39, 0.29) is 11.7 Å². The first-order valence-corrected chi connectivity index (χ1v) is 8.13. The van der Waals surface area contributed by atoms with E-state index in [1.54, 1.807) is 55.0 Å². The summed E-state index contributed by atoms with van der Waals surface area (Å²) in [5, 5.41) is 6.03. The lowest BCUT2D eigenvalue weighted by atomic mass is 10.1. The fourth-order valence-corrected chi connectivity index (χ4v) is 2.35. The third-order valence-corrected chi connectivity index (χ3v) is 3.79. The molecule has 3 aromatic rings. The van der Waals surface area contributed by atoms with Crippen LogP contribution in [0.4, 0.5) is 11.4 Å². The summed E-state index contributed by atoms with van der Waals surface area (Å²) in [5.41, 5.74) is 3.41. The molecule has 1 aromatic carbocycles. The van der Waals surface area contributed by atoms with Gasteiger partial charge >= 0.3 is 0 Å². The molecule has 0 saturated carbocycles. The number of nitrogens with one attached hydrogen (secondary N) is 2. The lowest BCUT2D eigenvalue weighted by Crippen LogP contribution is -2.14. The van der Waals surface area contributed by atoms with E-state index >= 15 is 0 Å². The summed E-state index contributed by atoms with van der Waals surface area (Å²) in [5.74, 6) is -0.328. The zero-order valence-corrected chi connectivity index (χ0v) is 14.3. The number of hydrogen-bond donors (Lipinski definition) is 2. The fourth-order valence-electron chi connectivity index (χ4n) is 2.35. The van der Waals surface area contributed by atoms with E-state index in [0.29, 0.717) is 23.5 Å². The van der Waals surface area contributed by atoms with Gasteiger partial charge in [0.25, 0.3) is 5.91 Å². The molecule has 6 heteroatoms. The molecule has 2 aromatic heterocycles. The van der Waals surface area contributed by atoms with Gasteiger partial charge in [0, 0.05) is 42.1 Å². The molecule has 0 atom stereocenters. The zero-order chi connectivity index (χ0) is 18.4. The van der Waals surface area contributed by atoms with Gasteiger partial charge in [-0.05, 0) is 61.0 Å². The Balaban J connectivity index is 1.65. The Morgan fingerprint density at radius 1 is 0.923 bits per heavy atom. The lowest BCUT2D eigenvalue weighted by Gasteiger charge is -2.09. The maximum atomic E-state index is 12.4. The Bertz CT molecular complexity index is 909. The Morgan fingerprint density at radius 2 is 1.65 bits per heavy atom. The van der Waals surface area contributed by atoms with Crippen molar-refractivity contribution >= 4 is 23.1 Å². The maximum absolute atomic E-state index is 12.4. The molecular weight excluding hydrogens is 328 g/mol. The van der Waals surface area contributed by atoms with Crippen LogP contribution in [0.5, 0.6) is 0 Å². The van der Waals surface area contributed by atoms with Gasteiger partial charge < -0.3 is 10.6 Å². The standard InChI is InChI=1S/C20H18N4O2/c1-14(25)16-2-4-17(5-3-16)24-20(26)19-12-18(8-11-22-19)23-13-15-6-9-21-10-7-15/h2-12H,13H2,1H3,(H,22,23)(H,24,26). The first kappa shape index (κ1) is 17.3. The van der Waals surface area contributed by atoms with Crippen LogP contribution in [0.25, 0.3) is 0 Å². The monoisotopic (exact) mass is 346 g/mol. The number of anilines is 2. The summed E-state index contributed by atoms with van der Waals surface area (Å²) in [7, 11) is 0. The molecule has 0 fully saturated rings. The van der Waals surface area contributed by atoms with Crippen molar-refractivity contribution in [2.45, 2.75) is 13.5 Å². The summed E-state index contributed by atoms with van der Waals surface area (Å²) in [6.45, 7) is 2.13. The molecule has 0 unspecified atom stereocenters. The van der Waals surface area contributed by atoms with Crippen LogP contribution in [-0.4, -0.2) is 21.7 Å². The molecular formula is C20H18N4O2. The number of nitrogens with zero attached hydrogens (tertiary/aromatic N) is 2. The van der Waals surface area contributed by atoms with Crippen molar-refractivity contribution in [3.8, 4) is 0 Å². The number of benzene rings is 1. The third kappa shape index (κ3) is 4.51. The van der Waals surface area contributed by atoms with Gasteiger partial charge in [0.1, 0.15) is 5.69 Å². The van der Waals surface area contributed by atoms with Gasteiger partial charge in [-0.2, -0.15) is 0 Å². The number of ketones is 1. The SMILES string of the molecule is CC(=O)c1ccc(NC(=O)c2cc(NCc3ccncc3)ccn2)cc1. The van der Waals surface area contributed by atoms with Crippen LogP contribution in [0.2, 0.25) is 0 Å². The minimum Gasteiger partial charge on any atom is -0.381 e. The first-order chi connectivity index (χ1) is 12.6. The number of carbonyl (C=O) groups is 2. The van der Waals surface area contributed by atoms with Crippen molar-refractivity contribution in [2.24, 2.45) is 0 Å². The molecule has 130 valence electrons. The molecule has 0 radical (unpaired) electrons. The van der Waals surface area contributed by atoms with E-state index < -0.39 is 0 Å². The number of Topliss-reactive ketones (excluding diaryl/α,β-unsaturated/α-hetero) is 1. The van der Waals surface area contributed by atoms with Crippen molar-refractivity contribution in [3.05, 3.63) is 83.9 Å². The van der Waals surface area contributed by atoms with Gasteiger partial charge in [-0.25, -0.2) is 0 Å². The molecule has 0 saturated heterocycles. The van der Waals surface area contributed by atoms with Crippen molar-refractivity contribution < 1.29 is 9.59 Å². The van der Waals surface area contributed by atoms with Crippen molar-refractivity contribution in [1.29, 1.82) is 0 Å². The smallest absolute Gasteiger partial charge is 0.274 e. The van der Waals surface area contributed by atoms with Gasteiger partial charge in [0.05, 0.1) is 0 Å². The topological polar surface area (TPSA) is 84.0 Å². The third-order valence-electron chi connectivity index (χ3n) is 3.79. The van der Waals surface area contributed by atoms with Crippen LogP contribution in [-0.2, 0) is 6.54 Å². The highest BCUT2D eigenvalue weighted by molar-refractivity contribution is 6.03. The molecule has 0 aliphatic heterocycles. The summed E-state index contributed by atoms with van der Waals surface area (Å²) in [4.78, 5) is 31.8. The Hall–Kier alpha value is -3.54. The normalized spacial score (nSPS) is 10.2. The van der Waals surface area contributed by atoms with Crippen molar-refractivity contribution in [3.63, 3.8) is 0 Å². The summed E-state index contributed by atoms with van der Waals surface area (Å²) >= 11 is 0. The van der Waals surface area contributed by atoms with Crippen LogP contribution < -0.4 is 10.6 Å². The van der Waals surface area contributed by atoms with Gasteiger partial charge in [-0.3, -0.25) is 19.6 Å². The largest absolute Gasteiger partial charge is 0.381 e. The maximum Gasteiger partial charge on any atom is 0.274 e. The number of hydrogen-bond acceptors (Lipinski definition) is 5. The number of rotatable bonds is 6. The Labute approximate surface area is 151 Å². The highest BCUT2D eigenvalue weighted by Crippen LogP contribution is 2.14. The van der Waals surface area contributed by atoms with E-state index in [0.717, 1.165) is 11.3 Å². The molecule has 1 amide bonds. The van der Waals surface area contributed by atoms with Crippen LogP contribution in [0.3, 0.4) is 0 Å². The van der Waals surface area contributed by atoms with E-state index in [4.69, 9.17) is 0 Å². The minimum atomic E-state index is -0.312. The average Bonchev–Trinajstić information content (AvgIpc) is 2.68. The van der Waals surface area contributed by atoms with E-state index in [9.17, 15) is 9.59 Å². The van der Waals surface area contributed by atoms with Crippen molar-refractivity contribution in [1.82, 2.24) is 9.97 Å². The second kappa shape index (κ2) is 8.02. The van der Waals surface area contributed by atoms with Crippen LogP contribution in [0.15, 0.2) is 67.1 Å². The molecule has 2 heterocycles. The summed E-state index contributed by atoms with van der Waals surface area (Å²) < 4.78 is 0. The van der Waals surface area contributed by atoms with Crippen LogP contribution in [0, 0.1) is 0 Å². The number of pyridine rings is 2. The first-order valence-electron chi connectivity index (χ1n) is 8.13. The van der Waals surface area contributed by atoms with Gasteiger partial charge in [0.2, 0.25) is 0 Å². The molecule has 0 aliphatic rings. The average molecular weight is 346 g/mol. The highest BCUT2D eigenvalue weighted by atomic mass is 16.2. The fraction of sp³-hybridized carbons (Fsp3) is 0.100. The minimum absolute atomic E-state index is 0.0162. The summed E-state index contributed by atoms with van der Waals surface area (Å²) in [6, 6.07) is 14.1. The van der Waals surface area contributed by atoms with Gasteiger partial charge in [-0.1, -0.05) is 0 Å². The molecule has 0 spiro atoms. The Kier molecular flexibility index (Phi) is 5.34. The molecule has 3 rings (SSSR count). The van der Waals surface area contributed by atoms with Gasteiger partial charge in [-0.15, -0.1) is 0 Å². The predicted molar refractivity (Wildman–Crippen MR) is 100 cm³/mol. The molecule has 2 N–H and O–H groups in total. The van der Waals surface area contributed by atoms with Crippen LogP contribution in [0.1, 0.15) is 33.3 Å². The zero-order valence-electron chi connectivity index (χ0n) is 14.3. The van der Waals surface area contributed by atoms with Gasteiger partial charge in [0.15, 0.2) is 5.78 Å². The molecule has 0 bridgehead atoms. The van der Waals surface area contributed by atoms with E-state index in [2.05, 4.69) is 20.6 Å². The highest BCUT2D eigenvalue weighted by Gasteiger charge is 2.09. The second-order valence-electron chi connectivity index (χ2n) is 5.73. The quantitative estimate of drug-likeness (QED) is 0.667. The molecule has 0 aliphatic carbocycles. The number of amides is 1. The Morgan fingerprint density at radius 3 is 2.35 bits per heavy atom. The van der Waals surface area contributed by atoms with Crippen molar-refractivity contribution in [2.75, 3.05) is 10.6 Å². The summed E-state index contributed by atoms with van der Waals surface area (Å²) in [6.07, 6.45) is 5.06. The number of carbonyl (C=O) groups excluding carboxylic acids is 2. The predicted octanol–water partition coefficient (Wildman–Crippen LogP) is 3.54. The number of aromatic nitrogens is 2. The van der Waals surface area contributed by atoms with E-state index in [1.165, 1.54) is 6.92 Å². The molecule has 26 heavy (non-hydrogen) atoms.